The van der Waals surface area contributed by atoms with Gasteiger partial charge in [-0.15, -0.1) is 0 Å². The number of methoxy groups -OCH3 is 1. The second kappa shape index (κ2) is 4.83. The lowest BCUT2D eigenvalue weighted by Crippen LogP contribution is -2.31. The first-order valence-corrected chi connectivity index (χ1v) is 5.64. The Balaban J connectivity index is 2.09. The van der Waals surface area contributed by atoms with E-state index in [1.807, 2.05) is 0 Å². The quantitative estimate of drug-likeness (QED) is 0.786. The summed E-state index contributed by atoms with van der Waals surface area (Å²) >= 11 is 0. The SMILES string of the molecule is COCC(C)C1CCc2cc(F)ccc2O1. The van der Waals surface area contributed by atoms with Gasteiger partial charge in [0.2, 0.25) is 0 Å². The first kappa shape index (κ1) is 11.4. The highest BCUT2D eigenvalue weighted by molar-refractivity contribution is 5.35. The molecule has 0 saturated heterocycles. The van der Waals surface area contributed by atoms with Gasteiger partial charge in [-0.1, -0.05) is 6.92 Å². The molecule has 0 fully saturated rings. The summed E-state index contributed by atoms with van der Waals surface area (Å²) in [6, 6.07) is 4.73. The van der Waals surface area contributed by atoms with Crippen LogP contribution < -0.4 is 4.74 Å². The van der Waals surface area contributed by atoms with E-state index in [1.54, 1.807) is 19.2 Å². The van der Waals surface area contributed by atoms with Crippen LogP contribution in [0, 0.1) is 11.7 Å². The van der Waals surface area contributed by atoms with Gasteiger partial charge in [0.15, 0.2) is 0 Å². The molecule has 0 N–H and O–H groups in total. The van der Waals surface area contributed by atoms with Gasteiger partial charge in [-0.2, -0.15) is 0 Å². The van der Waals surface area contributed by atoms with Crippen LogP contribution in [0.5, 0.6) is 5.75 Å². The molecule has 1 aromatic carbocycles. The lowest BCUT2D eigenvalue weighted by Gasteiger charge is -2.30. The average molecular weight is 224 g/mol. The summed E-state index contributed by atoms with van der Waals surface area (Å²) in [6.07, 6.45) is 1.99. The largest absolute Gasteiger partial charge is 0.490 e. The summed E-state index contributed by atoms with van der Waals surface area (Å²) in [5, 5.41) is 0. The fraction of sp³-hybridized carbons (Fsp3) is 0.538. The van der Waals surface area contributed by atoms with E-state index in [1.165, 1.54) is 6.07 Å². The zero-order chi connectivity index (χ0) is 11.5. The van der Waals surface area contributed by atoms with Gasteiger partial charge < -0.3 is 9.47 Å². The zero-order valence-electron chi connectivity index (χ0n) is 9.70. The van der Waals surface area contributed by atoms with E-state index in [-0.39, 0.29) is 11.9 Å². The number of fused-ring (bicyclic) bond motifs is 1. The molecule has 2 rings (SSSR count). The number of hydrogen-bond donors (Lipinski definition) is 0. The van der Waals surface area contributed by atoms with Crippen LogP contribution >= 0.6 is 0 Å². The van der Waals surface area contributed by atoms with Crippen LogP contribution in [-0.2, 0) is 11.2 Å². The maximum atomic E-state index is 13.0. The molecule has 2 unspecified atom stereocenters. The van der Waals surface area contributed by atoms with Crippen LogP contribution in [0.1, 0.15) is 18.9 Å². The second-order valence-electron chi connectivity index (χ2n) is 4.38. The molecule has 16 heavy (non-hydrogen) atoms. The van der Waals surface area contributed by atoms with Crippen molar-refractivity contribution in [2.45, 2.75) is 25.9 Å². The number of hydrogen-bond acceptors (Lipinski definition) is 2. The molecular weight excluding hydrogens is 207 g/mol. The molecule has 0 aromatic heterocycles. The Kier molecular flexibility index (Phi) is 3.44. The Bertz CT molecular complexity index is 365. The van der Waals surface area contributed by atoms with Crippen LogP contribution in [0.25, 0.3) is 0 Å². The molecule has 1 aromatic rings. The lowest BCUT2D eigenvalue weighted by atomic mass is 9.95. The Hall–Kier alpha value is -1.09. The minimum absolute atomic E-state index is 0.179. The van der Waals surface area contributed by atoms with Crippen molar-refractivity contribution in [1.82, 2.24) is 0 Å². The maximum absolute atomic E-state index is 13.0. The number of ether oxygens (including phenoxy) is 2. The molecule has 0 bridgehead atoms. The van der Waals surface area contributed by atoms with Crippen LogP contribution in [0.4, 0.5) is 4.39 Å². The predicted molar refractivity (Wildman–Crippen MR) is 60.2 cm³/mol. The molecule has 1 aliphatic heterocycles. The van der Waals surface area contributed by atoms with Gasteiger partial charge in [-0.3, -0.25) is 0 Å². The maximum Gasteiger partial charge on any atom is 0.123 e. The van der Waals surface area contributed by atoms with Crippen molar-refractivity contribution in [3.63, 3.8) is 0 Å². The van der Waals surface area contributed by atoms with Crippen molar-refractivity contribution >= 4 is 0 Å². The summed E-state index contributed by atoms with van der Waals surface area (Å²) in [7, 11) is 1.70. The molecular formula is C13H17FO2. The molecule has 1 aliphatic rings. The van der Waals surface area contributed by atoms with Crippen molar-refractivity contribution in [3.05, 3.63) is 29.6 Å². The smallest absolute Gasteiger partial charge is 0.123 e. The monoisotopic (exact) mass is 224 g/mol. The molecule has 2 atom stereocenters. The molecule has 0 saturated carbocycles. The molecule has 0 radical (unpaired) electrons. The van der Waals surface area contributed by atoms with E-state index in [0.29, 0.717) is 12.5 Å². The summed E-state index contributed by atoms with van der Waals surface area (Å²) in [4.78, 5) is 0. The van der Waals surface area contributed by atoms with E-state index in [4.69, 9.17) is 9.47 Å². The van der Waals surface area contributed by atoms with E-state index >= 15 is 0 Å². The highest BCUT2D eigenvalue weighted by atomic mass is 19.1. The topological polar surface area (TPSA) is 18.5 Å². The Morgan fingerprint density at radius 3 is 3.12 bits per heavy atom. The molecule has 88 valence electrons. The lowest BCUT2D eigenvalue weighted by molar-refractivity contribution is 0.0601. The number of halogens is 1. The average Bonchev–Trinajstić information content (AvgIpc) is 2.28. The molecule has 1 heterocycles. The number of benzene rings is 1. The Labute approximate surface area is 95.4 Å². The summed E-state index contributed by atoms with van der Waals surface area (Å²) < 4.78 is 24.0. The van der Waals surface area contributed by atoms with Gasteiger partial charge in [0.25, 0.3) is 0 Å². The normalized spacial score (nSPS) is 21.1. The van der Waals surface area contributed by atoms with Crippen molar-refractivity contribution < 1.29 is 13.9 Å². The van der Waals surface area contributed by atoms with Crippen LogP contribution in [0.3, 0.4) is 0 Å². The van der Waals surface area contributed by atoms with Gasteiger partial charge in [-0.25, -0.2) is 4.39 Å². The standard InChI is InChI=1S/C13H17FO2/c1-9(8-15-2)12-5-3-10-7-11(14)4-6-13(10)16-12/h4,6-7,9,12H,3,5,8H2,1-2H3. The molecule has 3 heteroatoms. The summed E-state index contributed by atoms with van der Waals surface area (Å²) in [5.74, 6) is 0.995. The van der Waals surface area contributed by atoms with Crippen LogP contribution in [0.2, 0.25) is 0 Å². The fourth-order valence-electron chi connectivity index (χ4n) is 2.15. The second-order valence-corrected chi connectivity index (χ2v) is 4.38. The minimum atomic E-state index is -0.189. The predicted octanol–water partition coefficient (Wildman–Crippen LogP) is 2.80. The highest BCUT2D eigenvalue weighted by Crippen LogP contribution is 2.30. The van der Waals surface area contributed by atoms with E-state index in [9.17, 15) is 4.39 Å². The third-order valence-electron chi connectivity index (χ3n) is 3.06. The number of aryl methyl sites for hydroxylation is 1. The molecule has 2 nitrogen and oxygen atoms in total. The fourth-order valence-corrected chi connectivity index (χ4v) is 2.15. The Morgan fingerprint density at radius 2 is 2.38 bits per heavy atom. The number of rotatable bonds is 3. The van der Waals surface area contributed by atoms with Crippen molar-refractivity contribution in [1.29, 1.82) is 0 Å². The Morgan fingerprint density at radius 1 is 1.56 bits per heavy atom. The van der Waals surface area contributed by atoms with Gasteiger partial charge in [0.1, 0.15) is 17.7 Å². The van der Waals surface area contributed by atoms with Gasteiger partial charge >= 0.3 is 0 Å². The minimum Gasteiger partial charge on any atom is -0.490 e. The highest BCUT2D eigenvalue weighted by Gasteiger charge is 2.24. The van der Waals surface area contributed by atoms with Crippen LogP contribution in [-0.4, -0.2) is 19.8 Å². The molecule has 0 aliphatic carbocycles. The van der Waals surface area contributed by atoms with Gasteiger partial charge in [-0.05, 0) is 36.6 Å². The third kappa shape index (κ3) is 2.35. The van der Waals surface area contributed by atoms with Crippen molar-refractivity contribution in [2.75, 3.05) is 13.7 Å². The first-order valence-electron chi connectivity index (χ1n) is 5.64. The molecule has 0 spiro atoms. The molecule has 0 amide bonds. The van der Waals surface area contributed by atoms with Crippen molar-refractivity contribution in [2.24, 2.45) is 5.92 Å². The third-order valence-corrected chi connectivity index (χ3v) is 3.06. The van der Waals surface area contributed by atoms with Gasteiger partial charge in [0.05, 0.1) is 6.61 Å². The van der Waals surface area contributed by atoms with E-state index in [2.05, 4.69) is 6.92 Å². The summed E-state index contributed by atoms with van der Waals surface area (Å²) in [6.45, 7) is 2.81. The summed E-state index contributed by atoms with van der Waals surface area (Å²) in [5.41, 5.74) is 0.973. The van der Waals surface area contributed by atoms with Crippen LogP contribution in [0.15, 0.2) is 18.2 Å². The van der Waals surface area contributed by atoms with Crippen molar-refractivity contribution in [3.8, 4) is 5.75 Å². The zero-order valence-corrected chi connectivity index (χ0v) is 9.70. The van der Waals surface area contributed by atoms with E-state index in [0.717, 1.165) is 24.2 Å². The van der Waals surface area contributed by atoms with E-state index < -0.39 is 0 Å². The first-order chi connectivity index (χ1) is 7.70. The van der Waals surface area contributed by atoms with Gasteiger partial charge in [0, 0.05) is 13.0 Å².